The summed E-state index contributed by atoms with van der Waals surface area (Å²) < 4.78 is 4.59. The van der Waals surface area contributed by atoms with E-state index < -0.39 is 0 Å². The lowest BCUT2D eigenvalue weighted by molar-refractivity contribution is -0.143. The molecule has 0 bridgehead atoms. The van der Waals surface area contributed by atoms with Crippen molar-refractivity contribution in [1.29, 1.82) is 0 Å². The van der Waals surface area contributed by atoms with Crippen LogP contribution >= 0.6 is 0 Å². The second kappa shape index (κ2) is 3.53. The molecule has 0 spiro atoms. The van der Waals surface area contributed by atoms with Crippen molar-refractivity contribution < 1.29 is 9.53 Å². The molecule has 0 aromatic carbocycles. The molecule has 0 aromatic heterocycles. The molecule has 11 heavy (non-hydrogen) atoms. The highest BCUT2D eigenvalue weighted by Gasteiger charge is 2.21. The van der Waals surface area contributed by atoms with Crippen LogP contribution in [0.3, 0.4) is 0 Å². The topological polar surface area (TPSA) is 38.3 Å². The van der Waals surface area contributed by atoms with Gasteiger partial charge >= 0.3 is 5.97 Å². The maximum Gasteiger partial charge on any atom is 0.322 e. The van der Waals surface area contributed by atoms with E-state index in [0.717, 1.165) is 25.0 Å². The molecule has 3 nitrogen and oxygen atoms in total. The number of rotatable bonds is 1. The van der Waals surface area contributed by atoms with E-state index in [4.69, 9.17) is 0 Å². The number of piperidine rings is 1. The quantitative estimate of drug-likeness (QED) is 0.442. The largest absolute Gasteiger partial charge is 0.468 e. The summed E-state index contributed by atoms with van der Waals surface area (Å²) in [6, 6.07) is -0.120. The van der Waals surface area contributed by atoms with Gasteiger partial charge in [0, 0.05) is 6.54 Å². The normalized spacial score (nSPS) is 24.8. The van der Waals surface area contributed by atoms with Crippen LogP contribution in [0.1, 0.15) is 12.8 Å². The van der Waals surface area contributed by atoms with Crippen LogP contribution in [0.4, 0.5) is 0 Å². The first-order valence-electron chi connectivity index (χ1n) is 3.72. The zero-order valence-electron chi connectivity index (χ0n) is 6.72. The minimum atomic E-state index is -0.169. The molecule has 1 heterocycles. The molecule has 0 unspecified atom stereocenters. The van der Waals surface area contributed by atoms with Crippen molar-refractivity contribution in [3.63, 3.8) is 0 Å². The molecule has 3 heteroatoms. The van der Waals surface area contributed by atoms with Crippen molar-refractivity contribution in [2.24, 2.45) is 0 Å². The lowest BCUT2D eigenvalue weighted by Gasteiger charge is -2.22. The van der Waals surface area contributed by atoms with Crippen LogP contribution in [0.25, 0.3) is 0 Å². The van der Waals surface area contributed by atoms with Gasteiger partial charge in [0.1, 0.15) is 6.04 Å². The molecule has 0 amide bonds. The molecular formula is C8H13NO2. The highest BCUT2D eigenvalue weighted by atomic mass is 16.5. The molecule has 1 fully saturated rings. The Morgan fingerprint density at radius 2 is 2.55 bits per heavy atom. The third-order valence-corrected chi connectivity index (χ3v) is 1.87. The number of nitrogens with one attached hydrogen (secondary N) is 1. The third-order valence-electron chi connectivity index (χ3n) is 1.87. The lowest BCUT2D eigenvalue weighted by atomic mass is 10.0. The number of ether oxygens (including phenoxy) is 1. The van der Waals surface area contributed by atoms with Crippen molar-refractivity contribution >= 4 is 5.97 Å². The second-order valence-corrected chi connectivity index (χ2v) is 2.75. The van der Waals surface area contributed by atoms with Gasteiger partial charge in [0.2, 0.25) is 0 Å². The first-order valence-corrected chi connectivity index (χ1v) is 3.72. The van der Waals surface area contributed by atoms with Gasteiger partial charge in [0.15, 0.2) is 0 Å². The van der Waals surface area contributed by atoms with Crippen LogP contribution in [-0.2, 0) is 9.53 Å². The van der Waals surface area contributed by atoms with E-state index in [9.17, 15) is 4.79 Å². The molecule has 0 aromatic rings. The Hall–Kier alpha value is -0.830. The Balaban J connectivity index is 2.39. The molecule has 0 radical (unpaired) electrons. The molecule has 0 saturated carbocycles. The third kappa shape index (κ3) is 2.05. The maximum absolute atomic E-state index is 11.0. The Kier molecular flexibility index (Phi) is 2.65. The van der Waals surface area contributed by atoms with Crippen LogP contribution in [0.2, 0.25) is 0 Å². The van der Waals surface area contributed by atoms with Gasteiger partial charge in [-0.05, 0) is 12.8 Å². The molecular weight excluding hydrogens is 142 g/mol. The fourth-order valence-corrected chi connectivity index (χ4v) is 1.15. The minimum Gasteiger partial charge on any atom is -0.468 e. The Morgan fingerprint density at radius 3 is 3.00 bits per heavy atom. The Bertz CT molecular complexity index is 167. The number of hydrogen-bond acceptors (Lipinski definition) is 3. The summed E-state index contributed by atoms with van der Waals surface area (Å²) >= 11 is 0. The summed E-state index contributed by atoms with van der Waals surface area (Å²) in [5.41, 5.74) is 1.16. The zero-order chi connectivity index (χ0) is 8.27. The first-order chi connectivity index (χ1) is 5.24. The zero-order valence-corrected chi connectivity index (χ0v) is 6.72. The summed E-state index contributed by atoms with van der Waals surface area (Å²) in [4.78, 5) is 11.0. The average molecular weight is 155 g/mol. The van der Waals surface area contributed by atoms with Crippen molar-refractivity contribution in [2.75, 3.05) is 13.7 Å². The molecule has 1 saturated heterocycles. The summed E-state index contributed by atoms with van der Waals surface area (Å²) in [5, 5.41) is 3.05. The number of esters is 1. The first kappa shape index (κ1) is 8.27. The highest BCUT2D eigenvalue weighted by molar-refractivity contribution is 5.75. The molecule has 0 aliphatic carbocycles. The molecule has 1 aliphatic heterocycles. The molecule has 1 rings (SSSR count). The number of hydrogen-bond donors (Lipinski definition) is 1. The van der Waals surface area contributed by atoms with Crippen molar-refractivity contribution in [3.05, 3.63) is 12.2 Å². The van der Waals surface area contributed by atoms with Gasteiger partial charge in [-0.15, -0.1) is 0 Å². The fourth-order valence-electron chi connectivity index (χ4n) is 1.15. The SMILES string of the molecule is C=C1CC[C@@H](C(=O)OC)NC1. The van der Waals surface area contributed by atoms with Crippen LogP contribution in [0, 0.1) is 0 Å². The monoisotopic (exact) mass is 155 g/mol. The second-order valence-electron chi connectivity index (χ2n) is 2.75. The van der Waals surface area contributed by atoms with Crippen LogP contribution in [-0.4, -0.2) is 25.7 Å². The van der Waals surface area contributed by atoms with Gasteiger partial charge in [-0.3, -0.25) is 4.79 Å². The average Bonchev–Trinajstić information content (AvgIpc) is 2.05. The number of carbonyl (C=O) groups excluding carboxylic acids is 1. The van der Waals surface area contributed by atoms with E-state index in [1.165, 1.54) is 7.11 Å². The lowest BCUT2D eigenvalue weighted by Crippen LogP contribution is -2.41. The number of methoxy groups -OCH3 is 1. The maximum atomic E-state index is 11.0. The van der Waals surface area contributed by atoms with Crippen molar-refractivity contribution in [1.82, 2.24) is 5.32 Å². The molecule has 1 atom stereocenters. The minimum absolute atomic E-state index is 0.120. The van der Waals surface area contributed by atoms with Gasteiger partial charge < -0.3 is 10.1 Å². The Labute approximate surface area is 66.4 Å². The van der Waals surface area contributed by atoms with Crippen LogP contribution in [0.15, 0.2) is 12.2 Å². The molecule has 62 valence electrons. The fraction of sp³-hybridized carbons (Fsp3) is 0.625. The molecule has 1 aliphatic rings. The summed E-state index contributed by atoms with van der Waals surface area (Å²) in [6.45, 7) is 4.56. The smallest absolute Gasteiger partial charge is 0.322 e. The van der Waals surface area contributed by atoms with E-state index in [2.05, 4.69) is 16.6 Å². The van der Waals surface area contributed by atoms with Gasteiger partial charge in [-0.2, -0.15) is 0 Å². The van der Waals surface area contributed by atoms with E-state index >= 15 is 0 Å². The van der Waals surface area contributed by atoms with Crippen LogP contribution in [0.5, 0.6) is 0 Å². The van der Waals surface area contributed by atoms with E-state index in [1.807, 2.05) is 0 Å². The van der Waals surface area contributed by atoms with Crippen molar-refractivity contribution in [3.8, 4) is 0 Å². The summed E-state index contributed by atoms with van der Waals surface area (Å²) in [5.74, 6) is -0.169. The van der Waals surface area contributed by atoms with Crippen LogP contribution < -0.4 is 5.32 Å². The summed E-state index contributed by atoms with van der Waals surface area (Å²) in [6.07, 6.45) is 1.73. The molecule has 1 N–H and O–H groups in total. The number of carbonyl (C=O) groups is 1. The van der Waals surface area contributed by atoms with Gasteiger partial charge in [-0.25, -0.2) is 0 Å². The highest BCUT2D eigenvalue weighted by Crippen LogP contribution is 2.11. The van der Waals surface area contributed by atoms with Gasteiger partial charge in [-0.1, -0.05) is 12.2 Å². The predicted octanol–water partition coefficient (Wildman–Crippen LogP) is 0.468. The van der Waals surface area contributed by atoms with E-state index in [-0.39, 0.29) is 12.0 Å². The van der Waals surface area contributed by atoms with E-state index in [1.54, 1.807) is 0 Å². The van der Waals surface area contributed by atoms with Gasteiger partial charge in [0.05, 0.1) is 7.11 Å². The van der Waals surface area contributed by atoms with E-state index in [0.29, 0.717) is 0 Å². The van der Waals surface area contributed by atoms with Crippen molar-refractivity contribution in [2.45, 2.75) is 18.9 Å². The standard InChI is InChI=1S/C8H13NO2/c1-6-3-4-7(9-5-6)8(10)11-2/h7,9H,1,3-5H2,2H3/t7-/m0/s1. The predicted molar refractivity (Wildman–Crippen MR) is 42.2 cm³/mol. The van der Waals surface area contributed by atoms with Gasteiger partial charge in [0.25, 0.3) is 0 Å². The Morgan fingerprint density at radius 1 is 1.82 bits per heavy atom. The summed E-state index contributed by atoms with van der Waals surface area (Å²) in [7, 11) is 1.41.